The number of thiazole rings is 1. The largest absolute Gasteiger partial charge is 0.302 e. The van der Waals surface area contributed by atoms with Gasteiger partial charge in [0.1, 0.15) is 0 Å². The van der Waals surface area contributed by atoms with Crippen molar-refractivity contribution in [3.8, 4) is 0 Å². The van der Waals surface area contributed by atoms with Crippen molar-refractivity contribution in [3.63, 3.8) is 0 Å². The lowest BCUT2D eigenvalue weighted by molar-refractivity contribution is -0.115. The lowest BCUT2D eigenvalue weighted by atomic mass is 10.5. The molecule has 0 aliphatic heterocycles. The van der Waals surface area contributed by atoms with Crippen LogP contribution in [-0.2, 0) is 10.7 Å². The summed E-state index contributed by atoms with van der Waals surface area (Å²) in [5.41, 5.74) is 0.799. The molecule has 0 aliphatic carbocycles. The second-order valence-electron chi connectivity index (χ2n) is 2.18. The van der Waals surface area contributed by atoms with E-state index in [9.17, 15) is 4.79 Å². The molecular weight excluding hydrogens is 196 g/mol. The van der Waals surface area contributed by atoms with Crippen molar-refractivity contribution in [1.82, 2.24) is 4.98 Å². The first-order chi connectivity index (χ1) is 5.76. The molecule has 0 atom stereocenters. The van der Waals surface area contributed by atoms with Crippen LogP contribution in [0.3, 0.4) is 0 Å². The number of aromatic nitrogens is 1. The molecule has 1 amide bonds. The van der Waals surface area contributed by atoms with Gasteiger partial charge in [0, 0.05) is 11.8 Å². The maximum absolute atomic E-state index is 10.9. The minimum absolute atomic E-state index is 0.0227. The minimum Gasteiger partial charge on any atom is -0.302 e. The molecule has 3 nitrogen and oxygen atoms in total. The van der Waals surface area contributed by atoms with Crippen LogP contribution in [0.2, 0.25) is 0 Å². The van der Waals surface area contributed by atoms with E-state index in [-0.39, 0.29) is 5.91 Å². The molecule has 1 aromatic heterocycles. The minimum atomic E-state index is -0.0227. The maximum Gasteiger partial charge on any atom is 0.225 e. The summed E-state index contributed by atoms with van der Waals surface area (Å²) in [6.07, 6.45) is 0.468. The van der Waals surface area contributed by atoms with Crippen LogP contribution >= 0.6 is 22.9 Å². The van der Waals surface area contributed by atoms with Gasteiger partial charge in [-0.15, -0.1) is 22.9 Å². The molecule has 1 N–H and O–H groups in total. The van der Waals surface area contributed by atoms with E-state index in [1.165, 1.54) is 11.3 Å². The van der Waals surface area contributed by atoms with Gasteiger partial charge in [0.05, 0.1) is 11.6 Å². The van der Waals surface area contributed by atoms with E-state index in [4.69, 9.17) is 11.6 Å². The highest BCUT2D eigenvalue weighted by molar-refractivity contribution is 7.13. The van der Waals surface area contributed by atoms with E-state index in [2.05, 4.69) is 10.3 Å². The van der Waals surface area contributed by atoms with Crippen molar-refractivity contribution in [2.24, 2.45) is 0 Å². The highest BCUT2D eigenvalue weighted by atomic mass is 35.5. The third-order valence-electron chi connectivity index (χ3n) is 1.26. The Morgan fingerprint density at radius 1 is 1.83 bits per heavy atom. The van der Waals surface area contributed by atoms with E-state index < -0.39 is 0 Å². The summed E-state index contributed by atoms with van der Waals surface area (Å²) in [7, 11) is 0. The van der Waals surface area contributed by atoms with E-state index in [1.54, 1.807) is 6.92 Å². The number of halogens is 1. The fourth-order valence-electron chi connectivity index (χ4n) is 0.633. The first-order valence-electron chi connectivity index (χ1n) is 3.56. The zero-order valence-corrected chi connectivity index (χ0v) is 8.21. The molecular formula is C7H9ClN2OS. The van der Waals surface area contributed by atoms with Gasteiger partial charge < -0.3 is 5.32 Å². The Bertz CT molecular complexity index is 274. The van der Waals surface area contributed by atoms with Crippen molar-refractivity contribution in [2.75, 3.05) is 5.32 Å². The van der Waals surface area contributed by atoms with Gasteiger partial charge in [-0.2, -0.15) is 0 Å². The molecule has 66 valence electrons. The van der Waals surface area contributed by atoms with Crippen LogP contribution in [0.5, 0.6) is 0 Å². The zero-order chi connectivity index (χ0) is 8.97. The molecule has 12 heavy (non-hydrogen) atoms. The van der Waals surface area contributed by atoms with Crippen molar-refractivity contribution in [1.29, 1.82) is 0 Å². The molecule has 0 aromatic carbocycles. The Kier molecular flexibility index (Phi) is 3.49. The summed E-state index contributed by atoms with van der Waals surface area (Å²) in [4.78, 5) is 15.0. The SMILES string of the molecule is CCC(=O)Nc1nc(CCl)cs1. The van der Waals surface area contributed by atoms with Gasteiger partial charge in [-0.3, -0.25) is 4.79 Å². The topological polar surface area (TPSA) is 42.0 Å². The number of carbonyl (C=O) groups excluding carboxylic acids is 1. The number of nitrogens with zero attached hydrogens (tertiary/aromatic N) is 1. The Balaban J connectivity index is 2.58. The predicted octanol–water partition coefficient (Wildman–Crippen LogP) is 2.23. The van der Waals surface area contributed by atoms with E-state index >= 15 is 0 Å². The van der Waals surface area contributed by atoms with E-state index in [0.29, 0.717) is 17.4 Å². The van der Waals surface area contributed by atoms with Crippen molar-refractivity contribution >= 4 is 34.0 Å². The first-order valence-corrected chi connectivity index (χ1v) is 4.98. The number of rotatable bonds is 3. The monoisotopic (exact) mass is 204 g/mol. The van der Waals surface area contributed by atoms with Gasteiger partial charge in [-0.05, 0) is 0 Å². The number of anilines is 1. The predicted molar refractivity (Wildman–Crippen MR) is 50.6 cm³/mol. The Morgan fingerprint density at radius 3 is 3.08 bits per heavy atom. The van der Waals surface area contributed by atoms with Gasteiger partial charge in [-0.25, -0.2) is 4.98 Å². The molecule has 1 rings (SSSR count). The van der Waals surface area contributed by atoms with E-state index in [1.807, 2.05) is 5.38 Å². The molecule has 1 heterocycles. The van der Waals surface area contributed by atoms with Gasteiger partial charge >= 0.3 is 0 Å². The molecule has 0 aliphatic rings. The third kappa shape index (κ3) is 2.46. The van der Waals surface area contributed by atoms with Crippen molar-refractivity contribution in [3.05, 3.63) is 11.1 Å². The number of amides is 1. The Labute approximate surface area is 79.8 Å². The standard InChI is InChI=1S/C7H9ClN2OS/c1-2-6(11)10-7-9-5(3-8)4-12-7/h4H,2-3H2,1H3,(H,9,10,11). The number of carbonyl (C=O) groups is 1. The van der Waals surface area contributed by atoms with Gasteiger partial charge in [0.15, 0.2) is 5.13 Å². The Hall–Kier alpha value is -0.610. The summed E-state index contributed by atoms with van der Waals surface area (Å²) in [5, 5.41) is 5.11. The summed E-state index contributed by atoms with van der Waals surface area (Å²) < 4.78 is 0. The highest BCUT2D eigenvalue weighted by Crippen LogP contribution is 2.16. The fourth-order valence-corrected chi connectivity index (χ4v) is 1.59. The normalized spacial score (nSPS) is 9.83. The van der Waals surface area contributed by atoms with Gasteiger partial charge in [0.25, 0.3) is 0 Å². The smallest absolute Gasteiger partial charge is 0.225 e. The molecule has 5 heteroatoms. The van der Waals surface area contributed by atoms with Crippen molar-refractivity contribution < 1.29 is 4.79 Å². The maximum atomic E-state index is 10.9. The molecule has 0 radical (unpaired) electrons. The summed E-state index contributed by atoms with van der Waals surface area (Å²) in [6, 6.07) is 0. The van der Waals surface area contributed by atoms with Crippen molar-refractivity contribution in [2.45, 2.75) is 19.2 Å². The second-order valence-corrected chi connectivity index (χ2v) is 3.30. The molecule has 0 spiro atoms. The lowest BCUT2D eigenvalue weighted by Crippen LogP contribution is -2.08. The van der Waals surface area contributed by atoms with Gasteiger partial charge in [0.2, 0.25) is 5.91 Å². The number of nitrogens with one attached hydrogen (secondary N) is 1. The summed E-state index contributed by atoms with van der Waals surface area (Å²) in [6.45, 7) is 1.80. The van der Waals surface area contributed by atoms with Crippen LogP contribution in [0.15, 0.2) is 5.38 Å². The van der Waals surface area contributed by atoms with Crippen LogP contribution in [0.4, 0.5) is 5.13 Å². The average Bonchev–Trinajstić information content (AvgIpc) is 2.52. The second kappa shape index (κ2) is 4.42. The molecule has 0 bridgehead atoms. The third-order valence-corrected chi connectivity index (χ3v) is 2.34. The first kappa shape index (κ1) is 9.48. The van der Waals surface area contributed by atoms with Crippen LogP contribution in [0.25, 0.3) is 0 Å². The van der Waals surface area contributed by atoms with Crippen LogP contribution in [-0.4, -0.2) is 10.9 Å². The molecule has 0 fully saturated rings. The summed E-state index contributed by atoms with van der Waals surface area (Å²) in [5.74, 6) is 0.365. The average molecular weight is 205 g/mol. The number of hydrogen-bond acceptors (Lipinski definition) is 3. The van der Waals surface area contributed by atoms with Crippen LogP contribution in [0, 0.1) is 0 Å². The number of hydrogen-bond donors (Lipinski definition) is 1. The molecule has 0 saturated carbocycles. The highest BCUT2D eigenvalue weighted by Gasteiger charge is 2.03. The molecule has 1 aromatic rings. The molecule has 0 unspecified atom stereocenters. The lowest BCUT2D eigenvalue weighted by Gasteiger charge is -1.95. The van der Waals surface area contributed by atoms with Gasteiger partial charge in [-0.1, -0.05) is 6.92 Å². The molecule has 0 saturated heterocycles. The quantitative estimate of drug-likeness (QED) is 0.768. The van der Waals surface area contributed by atoms with Crippen LogP contribution < -0.4 is 5.32 Å². The number of alkyl halides is 1. The zero-order valence-electron chi connectivity index (χ0n) is 6.63. The Morgan fingerprint density at radius 2 is 2.58 bits per heavy atom. The van der Waals surface area contributed by atoms with E-state index in [0.717, 1.165) is 5.69 Å². The summed E-state index contributed by atoms with van der Waals surface area (Å²) >= 11 is 6.93. The fraction of sp³-hybridized carbons (Fsp3) is 0.429. The van der Waals surface area contributed by atoms with Crippen LogP contribution in [0.1, 0.15) is 19.0 Å².